The summed E-state index contributed by atoms with van der Waals surface area (Å²) in [6.07, 6.45) is 11.1. The van der Waals surface area contributed by atoms with Gasteiger partial charge in [0.25, 0.3) is 0 Å². The van der Waals surface area contributed by atoms with Crippen LogP contribution in [0.5, 0.6) is 0 Å². The maximum atomic E-state index is 10.5. The van der Waals surface area contributed by atoms with Crippen LogP contribution in [-0.4, -0.2) is 42.3 Å². The van der Waals surface area contributed by atoms with Gasteiger partial charge in [-0.1, -0.05) is 12.2 Å². The lowest BCUT2D eigenvalue weighted by Gasteiger charge is -2.06. The Morgan fingerprint density at radius 3 is 2.55 bits per heavy atom. The number of aromatic nitrogens is 2. The molecule has 29 heavy (non-hydrogen) atoms. The Labute approximate surface area is 172 Å². The zero-order valence-electron chi connectivity index (χ0n) is 17.6. The average molecular weight is 395 g/mol. The van der Waals surface area contributed by atoms with E-state index in [1.165, 1.54) is 10.8 Å². The van der Waals surface area contributed by atoms with Crippen molar-refractivity contribution in [1.29, 1.82) is 0 Å². The van der Waals surface area contributed by atoms with Crippen molar-refractivity contribution in [3.63, 3.8) is 0 Å². The molecule has 1 aliphatic carbocycles. The van der Waals surface area contributed by atoms with Gasteiger partial charge < -0.3 is 15.4 Å². The molecule has 6 nitrogen and oxygen atoms in total. The Morgan fingerprint density at radius 1 is 1.31 bits per heavy atom. The van der Waals surface area contributed by atoms with Crippen molar-refractivity contribution in [3.8, 4) is 11.3 Å². The van der Waals surface area contributed by atoms with E-state index in [1.54, 1.807) is 0 Å². The highest BCUT2D eigenvalue weighted by atomic mass is 16.2. The van der Waals surface area contributed by atoms with E-state index in [-0.39, 0.29) is 5.91 Å². The molecule has 3 heterocycles. The Bertz CT molecular complexity index is 958. The van der Waals surface area contributed by atoms with Gasteiger partial charge in [-0.05, 0) is 68.3 Å². The number of piperidine rings is 1. The largest absolute Gasteiger partial charge is 0.356 e. The van der Waals surface area contributed by atoms with Crippen molar-refractivity contribution < 1.29 is 9.59 Å². The molecule has 3 unspecified atom stereocenters. The molecular weight excluding hydrogens is 364 g/mol. The molecule has 2 aromatic heterocycles. The topological polar surface area (TPSA) is 84.0 Å². The van der Waals surface area contributed by atoms with Gasteiger partial charge in [0.2, 0.25) is 5.91 Å². The average Bonchev–Trinajstić information content (AvgIpc) is 3.46. The lowest BCUT2D eigenvalue weighted by atomic mass is 10.1. The van der Waals surface area contributed by atoms with Crippen LogP contribution < -0.4 is 21.1 Å². The fourth-order valence-corrected chi connectivity index (χ4v) is 3.26. The first-order valence-corrected chi connectivity index (χ1v) is 9.82. The number of nitrogens with one attached hydrogen (secondary N) is 2. The molecule has 2 N–H and O–H groups in total. The van der Waals surface area contributed by atoms with Gasteiger partial charge in [-0.2, -0.15) is 0 Å². The molecule has 2 fully saturated rings. The van der Waals surface area contributed by atoms with E-state index in [0.717, 1.165) is 35.4 Å². The summed E-state index contributed by atoms with van der Waals surface area (Å²) >= 11 is 0. The Hall–Kier alpha value is -2.86. The van der Waals surface area contributed by atoms with Gasteiger partial charge in [-0.25, -0.2) is 0 Å². The van der Waals surface area contributed by atoms with Gasteiger partial charge in [0.15, 0.2) is 0 Å². The fourth-order valence-electron chi connectivity index (χ4n) is 3.26. The van der Waals surface area contributed by atoms with E-state index in [2.05, 4.69) is 52.7 Å². The third-order valence-corrected chi connectivity index (χ3v) is 5.28. The predicted molar refractivity (Wildman–Crippen MR) is 116 cm³/mol. The molecule has 6 heteroatoms. The van der Waals surface area contributed by atoms with Crippen LogP contribution in [0.4, 0.5) is 0 Å². The van der Waals surface area contributed by atoms with Crippen molar-refractivity contribution in [1.82, 2.24) is 20.6 Å². The van der Waals surface area contributed by atoms with Crippen molar-refractivity contribution >= 4 is 24.8 Å². The molecule has 154 valence electrons. The molecule has 4 rings (SSSR count). The third kappa shape index (κ3) is 5.81. The van der Waals surface area contributed by atoms with Crippen LogP contribution in [0.25, 0.3) is 23.4 Å². The second kappa shape index (κ2) is 10.6. The zero-order valence-corrected chi connectivity index (χ0v) is 17.6. The molecule has 0 bridgehead atoms. The highest BCUT2D eigenvalue weighted by Crippen LogP contribution is 2.41. The minimum Gasteiger partial charge on any atom is -0.356 e. The number of carbonyl (C=O) groups is 2. The number of hydrogen-bond donors (Lipinski definition) is 2. The number of amides is 1. The Kier molecular flexibility index (Phi) is 8.21. The maximum Gasteiger partial charge on any atom is 0.223 e. The summed E-state index contributed by atoms with van der Waals surface area (Å²) in [5, 5.41) is 8.36. The standard InChI is InChI=1S/C17H21N3.C5H7NO.CH2O/c1-5-14-10-20-17(9-15(14)8-13(3)18-4)16-11-19-7-6-12(16)2;7-5-4-1-3(4)2-6-5;1-2/h5-11,13,18H,1-4H3;3-4H,1-2H2,(H,6,7);1H2/b14-5-,15-8-;;. The Morgan fingerprint density at radius 2 is 2.07 bits per heavy atom. The monoisotopic (exact) mass is 394 g/mol. The molecule has 3 atom stereocenters. The van der Waals surface area contributed by atoms with Crippen molar-refractivity contribution in [3.05, 3.63) is 46.7 Å². The zero-order chi connectivity index (χ0) is 21.4. The van der Waals surface area contributed by atoms with Crippen LogP contribution in [0.15, 0.2) is 30.7 Å². The number of nitrogens with zero attached hydrogens (tertiary/aromatic N) is 2. The van der Waals surface area contributed by atoms with Gasteiger partial charge in [-0.3, -0.25) is 14.8 Å². The van der Waals surface area contributed by atoms with Crippen LogP contribution in [0.2, 0.25) is 0 Å². The van der Waals surface area contributed by atoms with Crippen LogP contribution >= 0.6 is 0 Å². The van der Waals surface area contributed by atoms with Gasteiger partial charge in [-0.15, -0.1) is 0 Å². The molecule has 2 aliphatic rings. The number of fused-ring (bicyclic) bond motifs is 1. The summed E-state index contributed by atoms with van der Waals surface area (Å²) in [7, 11) is 1.96. The van der Waals surface area contributed by atoms with Crippen LogP contribution in [0.1, 0.15) is 25.8 Å². The number of hydrogen-bond acceptors (Lipinski definition) is 5. The SMILES string of the molecule is C/C=c1/cnc(-c2cnccc2C)c/c1=C/C(C)NC.C=O.O=C1NCC2CC12. The minimum absolute atomic E-state index is 0.282. The summed E-state index contributed by atoms with van der Waals surface area (Å²) in [6.45, 7) is 9.20. The maximum absolute atomic E-state index is 10.5. The summed E-state index contributed by atoms with van der Waals surface area (Å²) < 4.78 is 0. The third-order valence-electron chi connectivity index (χ3n) is 5.28. The molecular formula is C23H30N4O2. The second-order valence-electron chi connectivity index (χ2n) is 7.27. The van der Waals surface area contributed by atoms with Crippen LogP contribution in [0.3, 0.4) is 0 Å². The van der Waals surface area contributed by atoms with Gasteiger partial charge in [0, 0.05) is 42.7 Å². The lowest BCUT2D eigenvalue weighted by Crippen LogP contribution is -2.30. The molecule has 1 amide bonds. The summed E-state index contributed by atoms with van der Waals surface area (Å²) in [5.41, 5.74) is 3.24. The number of carbonyl (C=O) groups excluding carboxylic acids is 2. The fraction of sp³-hybridized carbons (Fsp3) is 0.391. The molecule has 1 saturated heterocycles. The molecule has 1 aliphatic heterocycles. The molecule has 0 aromatic carbocycles. The Balaban J connectivity index is 0.000000273. The van der Waals surface area contributed by atoms with Gasteiger partial charge in [0.1, 0.15) is 6.79 Å². The highest BCUT2D eigenvalue weighted by Gasteiger charge is 2.47. The van der Waals surface area contributed by atoms with Gasteiger partial charge >= 0.3 is 0 Å². The number of aryl methyl sites for hydroxylation is 1. The van der Waals surface area contributed by atoms with Crippen LogP contribution in [0, 0.1) is 18.8 Å². The van der Waals surface area contributed by atoms with E-state index in [1.807, 2.05) is 45.4 Å². The van der Waals surface area contributed by atoms with Crippen molar-refractivity contribution in [2.75, 3.05) is 13.6 Å². The number of pyridine rings is 2. The van der Waals surface area contributed by atoms with E-state index in [4.69, 9.17) is 4.79 Å². The first kappa shape index (κ1) is 22.4. The van der Waals surface area contributed by atoms with Gasteiger partial charge in [0.05, 0.1) is 5.69 Å². The molecule has 0 radical (unpaired) electrons. The minimum atomic E-state index is 0.282. The normalized spacial score (nSPS) is 21.2. The highest BCUT2D eigenvalue weighted by molar-refractivity contribution is 5.84. The summed E-state index contributed by atoms with van der Waals surface area (Å²) in [6, 6.07) is 4.46. The van der Waals surface area contributed by atoms with Crippen molar-refractivity contribution in [2.45, 2.75) is 33.2 Å². The first-order valence-electron chi connectivity index (χ1n) is 9.82. The quantitative estimate of drug-likeness (QED) is 0.818. The molecule has 0 spiro atoms. The number of rotatable bonds is 3. The van der Waals surface area contributed by atoms with E-state index in [0.29, 0.717) is 12.0 Å². The van der Waals surface area contributed by atoms with E-state index < -0.39 is 0 Å². The predicted octanol–water partition coefficient (Wildman–Crippen LogP) is 1.21. The van der Waals surface area contributed by atoms with Crippen LogP contribution in [-0.2, 0) is 9.59 Å². The lowest BCUT2D eigenvalue weighted by molar-refractivity contribution is -0.120. The molecule has 1 saturated carbocycles. The van der Waals surface area contributed by atoms with Crippen molar-refractivity contribution in [2.24, 2.45) is 11.8 Å². The summed E-state index contributed by atoms with van der Waals surface area (Å²) in [5.74, 6) is 1.44. The smallest absolute Gasteiger partial charge is 0.223 e. The van der Waals surface area contributed by atoms with E-state index in [9.17, 15) is 4.79 Å². The molecule has 2 aromatic rings. The second-order valence-corrected chi connectivity index (χ2v) is 7.27. The first-order chi connectivity index (χ1) is 14.0. The summed E-state index contributed by atoms with van der Waals surface area (Å²) in [4.78, 5) is 27.3. The van der Waals surface area contributed by atoms with E-state index >= 15 is 0 Å².